The molecule has 0 saturated heterocycles. The first-order valence-corrected chi connectivity index (χ1v) is 8.96. The lowest BCUT2D eigenvalue weighted by molar-refractivity contribution is 0.294. The van der Waals surface area contributed by atoms with Crippen molar-refractivity contribution in [3.8, 4) is 28.8 Å². The molecule has 0 fully saturated rings. The van der Waals surface area contributed by atoms with Crippen molar-refractivity contribution in [1.29, 1.82) is 5.26 Å². The number of aromatic amines is 1. The molecule has 2 aromatic carbocycles. The van der Waals surface area contributed by atoms with E-state index in [2.05, 4.69) is 21.5 Å². The van der Waals surface area contributed by atoms with Gasteiger partial charge >= 0.3 is 5.69 Å². The highest BCUT2D eigenvalue weighted by Crippen LogP contribution is 2.25. The highest BCUT2D eigenvalue weighted by atomic mass is 16.5. The lowest BCUT2D eigenvalue weighted by Crippen LogP contribution is -2.23. The Morgan fingerprint density at radius 3 is 2.62 bits per heavy atom. The molecule has 4 aromatic rings. The summed E-state index contributed by atoms with van der Waals surface area (Å²) in [6.07, 6.45) is 1.85. The van der Waals surface area contributed by atoms with Gasteiger partial charge in [0.25, 0.3) is 0 Å². The average molecular weight is 386 g/mol. The minimum absolute atomic E-state index is 0.262. The third-order valence-corrected chi connectivity index (χ3v) is 4.71. The van der Waals surface area contributed by atoms with Crippen LogP contribution in [0.1, 0.15) is 16.7 Å². The fraction of sp³-hybridized carbons (Fsp3) is 0.143. The Bertz CT molecular complexity index is 1260. The Labute approximate surface area is 166 Å². The molecule has 0 atom stereocenters. The number of ether oxygens (including phenoxy) is 1. The van der Waals surface area contributed by atoms with Crippen molar-refractivity contribution < 1.29 is 4.74 Å². The SMILES string of the molecule is Cc1cccc(-n2nnn(C)c2=O)c1COc1cc(-c2ccc(C#N)cc2)c[nH]1. The Hall–Kier alpha value is -4.12. The Morgan fingerprint density at radius 1 is 1.14 bits per heavy atom. The quantitative estimate of drug-likeness (QED) is 0.568. The van der Waals surface area contributed by atoms with Gasteiger partial charge in [-0.3, -0.25) is 0 Å². The van der Waals surface area contributed by atoms with E-state index in [-0.39, 0.29) is 12.3 Å². The molecule has 0 aliphatic rings. The number of nitrogens with one attached hydrogen (secondary N) is 1. The summed E-state index contributed by atoms with van der Waals surface area (Å²) in [5.41, 5.74) is 4.72. The third kappa shape index (κ3) is 3.53. The zero-order valence-electron chi connectivity index (χ0n) is 16.0. The van der Waals surface area contributed by atoms with Gasteiger partial charge in [0.2, 0.25) is 0 Å². The summed E-state index contributed by atoms with van der Waals surface area (Å²) in [4.78, 5) is 15.4. The number of H-pyrrole nitrogens is 1. The maximum atomic E-state index is 12.2. The Kier molecular flexibility index (Phi) is 4.71. The van der Waals surface area contributed by atoms with Gasteiger partial charge in [0, 0.05) is 30.4 Å². The number of aromatic nitrogens is 5. The largest absolute Gasteiger partial charge is 0.474 e. The summed E-state index contributed by atoms with van der Waals surface area (Å²) < 4.78 is 8.40. The predicted octanol–water partition coefficient (Wildman–Crippen LogP) is 2.72. The minimum Gasteiger partial charge on any atom is -0.474 e. The van der Waals surface area contributed by atoms with Crippen LogP contribution in [0.2, 0.25) is 0 Å². The van der Waals surface area contributed by atoms with Crippen molar-refractivity contribution >= 4 is 0 Å². The molecule has 2 heterocycles. The third-order valence-electron chi connectivity index (χ3n) is 4.71. The standard InChI is InChI=1S/C21H18N6O2/c1-14-4-3-5-19(27-21(28)26(2)24-25-27)18(14)13-29-20-10-17(12-23-20)16-8-6-15(11-22)7-9-16/h3-10,12,23H,13H2,1-2H3. The van der Waals surface area contributed by atoms with Gasteiger partial charge in [-0.25, -0.2) is 4.79 Å². The van der Waals surface area contributed by atoms with Crippen LogP contribution in [0.4, 0.5) is 0 Å². The van der Waals surface area contributed by atoms with E-state index < -0.39 is 0 Å². The lowest BCUT2D eigenvalue weighted by Gasteiger charge is -2.12. The van der Waals surface area contributed by atoms with E-state index in [9.17, 15) is 4.79 Å². The first-order valence-electron chi connectivity index (χ1n) is 8.96. The molecule has 0 amide bonds. The molecule has 4 rings (SSSR count). The zero-order valence-corrected chi connectivity index (χ0v) is 16.0. The fourth-order valence-corrected chi connectivity index (χ4v) is 3.05. The second kappa shape index (κ2) is 7.48. The monoisotopic (exact) mass is 386 g/mol. The number of hydrogen-bond acceptors (Lipinski definition) is 5. The second-order valence-corrected chi connectivity index (χ2v) is 6.60. The summed E-state index contributed by atoms with van der Waals surface area (Å²) >= 11 is 0. The van der Waals surface area contributed by atoms with Crippen LogP contribution in [-0.4, -0.2) is 24.8 Å². The van der Waals surface area contributed by atoms with Crippen molar-refractivity contribution in [2.24, 2.45) is 7.05 Å². The molecule has 8 nitrogen and oxygen atoms in total. The van der Waals surface area contributed by atoms with Crippen LogP contribution in [0.5, 0.6) is 5.88 Å². The molecule has 0 spiro atoms. The first-order chi connectivity index (χ1) is 14.1. The number of nitrogens with zero attached hydrogens (tertiary/aromatic N) is 5. The van der Waals surface area contributed by atoms with Gasteiger partial charge in [-0.05, 0) is 46.7 Å². The smallest absolute Gasteiger partial charge is 0.368 e. The normalized spacial score (nSPS) is 10.7. The molecular weight excluding hydrogens is 368 g/mol. The molecule has 29 heavy (non-hydrogen) atoms. The van der Waals surface area contributed by atoms with E-state index in [0.29, 0.717) is 17.1 Å². The Balaban J connectivity index is 1.57. The summed E-state index contributed by atoms with van der Waals surface area (Å²) in [5, 5.41) is 16.6. The summed E-state index contributed by atoms with van der Waals surface area (Å²) in [6, 6.07) is 17.0. The second-order valence-electron chi connectivity index (χ2n) is 6.60. The number of nitriles is 1. The van der Waals surface area contributed by atoms with Crippen LogP contribution >= 0.6 is 0 Å². The lowest BCUT2D eigenvalue weighted by atomic mass is 10.1. The molecule has 0 saturated carbocycles. The molecule has 0 bridgehead atoms. The van der Waals surface area contributed by atoms with Crippen LogP contribution in [0.25, 0.3) is 16.8 Å². The van der Waals surface area contributed by atoms with Crippen LogP contribution < -0.4 is 10.4 Å². The van der Waals surface area contributed by atoms with Crippen molar-refractivity contribution in [2.45, 2.75) is 13.5 Å². The van der Waals surface area contributed by atoms with E-state index in [1.165, 1.54) is 9.36 Å². The summed E-state index contributed by atoms with van der Waals surface area (Å²) in [6.45, 7) is 2.22. The number of benzene rings is 2. The molecule has 0 aliphatic heterocycles. The molecule has 0 unspecified atom stereocenters. The molecule has 0 aliphatic carbocycles. The van der Waals surface area contributed by atoms with Crippen LogP contribution in [0.3, 0.4) is 0 Å². The van der Waals surface area contributed by atoms with E-state index in [4.69, 9.17) is 10.00 Å². The van der Waals surface area contributed by atoms with E-state index in [0.717, 1.165) is 22.3 Å². The maximum Gasteiger partial charge on any atom is 0.368 e. The Morgan fingerprint density at radius 2 is 1.93 bits per heavy atom. The summed E-state index contributed by atoms with van der Waals surface area (Å²) in [5.74, 6) is 0.602. The molecule has 8 heteroatoms. The van der Waals surface area contributed by atoms with E-state index in [1.807, 2.05) is 49.5 Å². The van der Waals surface area contributed by atoms with Gasteiger partial charge in [0.1, 0.15) is 6.61 Å². The molecule has 144 valence electrons. The van der Waals surface area contributed by atoms with Crippen molar-refractivity contribution in [3.63, 3.8) is 0 Å². The van der Waals surface area contributed by atoms with Gasteiger partial charge in [-0.1, -0.05) is 24.3 Å². The maximum absolute atomic E-state index is 12.2. The zero-order chi connectivity index (χ0) is 20.4. The number of hydrogen-bond donors (Lipinski definition) is 1. The highest BCUT2D eigenvalue weighted by molar-refractivity contribution is 5.65. The number of aryl methyl sites for hydroxylation is 2. The van der Waals surface area contributed by atoms with Crippen molar-refractivity contribution in [3.05, 3.63) is 81.9 Å². The van der Waals surface area contributed by atoms with Crippen LogP contribution in [-0.2, 0) is 13.7 Å². The van der Waals surface area contributed by atoms with Crippen molar-refractivity contribution in [1.82, 2.24) is 24.8 Å². The minimum atomic E-state index is -0.320. The van der Waals surface area contributed by atoms with Gasteiger partial charge in [0.05, 0.1) is 17.3 Å². The molecule has 1 N–H and O–H groups in total. The van der Waals surface area contributed by atoms with Gasteiger partial charge in [-0.15, -0.1) is 0 Å². The first kappa shape index (κ1) is 18.3. The molecule has 0 radical (unpaired) electrons. The number of tetrazole rings is 1. The van der Waals surface area contributed by atoms with Crippen LogP contribution in [0.15, 0.2) is 59.5 Å². The highest BCUT2D eigenvalue weighted by Gasteiger charge is 2.14. The van der Waals surface area contributed by atoms with Crippen molar-refractivity contribution in [2.75, 3.05) is 0 Å². The van der Waals surface area contributed by atoms with E-state index >= 15 is 0 Å². The fourth-order valence-electron chi connectivity index (χ4n) is 3.05. The van der Waals surface area contributed by atoms with Gasteiger partial charge < -0.3 is 9.72 Å². The topological polar surface area (TPSA) is 102 Å². The van der Waals surface area contributed by atoms with Gasteiger partial charge in [-0.2, -0.15) is 14.6 Å². The van der Waals surface area contributed by atoms with Crippen LogP contribution in [0, 0.1) is 18.3 Å². The number of rotatable bonds is 5. The average Bonchev–Trinajstić information content (AvgIpc) is 3.34. The van der Waals surface area contributed by atoms with Gasteiger partial charge in [0.15, 0.2) is 5.88 Å². The summed E-state index contributed by atoms with van der Waals surface area (Å²) in [7, 11) is 1.56. The van der Waals surface area contributed by atoms with E-state index in [1.54, 1.807) is 19.2 Å². The molecule has 2 aromatic heterocycles. The predicted molar refractivity (Wildman–Crippen MR) is 107 cm³/mol. The molecular formula is C21H18N6O2.